The number of halogens is 3. The number of ether oxygens (including phenoxy) is 1. The van der Waals surface area contributed by atoms with Gasteiger partial charge in [-0.2, -0.15) is 13.2 Å². The molecule has 0 saturated heterocycles. The van der Waals surface area contributed by atoms with Crippen molar-refractivity contribution in [3.05, 3.63) is 59.7 Å². The molecule has 0 bridgehead atoms. The summed E-state index contributed by atoms with van der Waals surface area (Å²) in [6.07, 6.45) is -7.81. The van der Waals surface area contributed by atoms with Crippen LogP contribution in [-0.4, -0.2) is 35.5 Å². The lowest BCUT2D eigenvalue weighted by atomic mass is 9.92. The molecule has 2 aromatic carbocycles. The van der Waals surface area contributed by atoms with E-state index in [1.54, 1.807) is 0 Å². The van der Waals surface area contributed by atoms with E-state index in [1.807, 2.05) is 48.5 Å². The lowest BCUT2D eigenvalue weighted by Crippen LogP contribution is -2.48. The first-order valence-corrected chi connectivity index (χ1v) is 9.50. The largest absolute Gasteiger partial charge is 0.481 e. The molecule has 0 spiro atoms. The summed E-state index contributed by atoms with van der Waals surface area (Å²) in [5.41, 5.74) is 2.50. The highest BCUT2D eigenvalue weighted by molar-refractivity contribution is 5.79. The first kappa shape index (κ1) is 21.7. The number of fused-ring (bicyclic) bond motifs is 3. The van der Waals surface area contributed by atoms with Crippen LogP contribution in [0, 0.1) is 0 Å². The Morgan fingerprint density at radius 2 is 1.53 bits per heavy atom. The van der Waals surface area contributed by atoms with Crippen LogP contribution in [0.15, 0.2) is 48.5 Å². The Morgan fingerprint density at radius 3 is 2.03 bits per heavy atom. The van der Waals surface area contributed by atoms with Crippen LogP contribution in [0.5, 0.6) is 0 Å². The Bertz CT molecular complexity index is 898. The number of nitrogens with one attached hydrogen (secondary N) is 1. The number of amides is 1. The predicted molar refractivity (Wildman–Crippen MR) is 104 cm³/mol. The third-order valence-electron chi connectivity index (χ3n) is 5.25. The van der Waals surface area contributed by atoms with Gasteiger partial charge in [-0.3, -0.25) is 4.79 Å². The second-order valence-electron chi connectivity index (χ2n) is 7.70. The maximum atomic E-state index is 12.6. The average Bonchev–Trinajstić information content (AvgIpc) is 2.98. The van der Waals surface area contributed by atoms with Gasteiger partial charge in [0, 0.05) is 12.3 Å². The Hall–Kier alpha value is -3.03. The Balaban J connectivity index is 1.69. The SMILES string of the molecule is CC(CCC(F)(F)F)(CC(=O)O)NC(=O)OCC1c2ccccc2-c2ccccc21. The zero-order valence-corrected chi connectivity index (χ0v) is 16.3. The molecule has 2 N–H and O–H groups in total. The van der Waals surface area contributed by atoms with Crippen molar-refractivity contribution in [3.8, 4) is 11.1 Å². The number of carbonyl (C=O) groups excluding carboxylic acids is 1. The molecule has 0 fully saturated rings. The van der Waals surface area contributed by atoms with Gasteiger partial charge >= 0.3 is 18.2 Å². The number of carboxylic acid groups (broad SMARTS) is 1. The van der Waals surface area contributed by atoms with Crippen LogP contribution in [-0.2, 0) is 9.53 Å². The maximum absolute atomic E-state index is 12.6. The fourth-order valence-electron chi connectivity index (χ4n) is 3.83. The van der Waals surface area contributed by atoms with E-state index in [4.69, 9.17) is 9.84 Å². The lowest BCUT2D eigenvalue weighted by Gasteiger charge is -2.29. The van der Waals surface area contributed by atoms with Crippen molar-refractivity contribution < 1.29 is 32.6 Å². The molecule has 1 atom stereocenters. The number of aliphatic carboxylic acids is 1. The molecule has 1 aliphatic rings. The van der Waals surface area contributed by atoms with Gasteiger partial charge in [-0.05, 0) is 35.6 Å². The van der Waals surface area contributed by atoms with Crippen LogP contribution >= 0.6 is 0 Å². The first-order valence-electron chi connectivity index (χ1n) is 9.50. The number of hydrogen-bond acceptors (Lipinski definition) is 3. The standard InChI is InChI=1S/C22H22F3NO4/c1-21(12-19(27)28,10-11-22(23,24)25)26-20(29)30-13-18-16-8-4-2-6-14(16)15-7-3-5-9-17(15)18/h2-9,18H,10-13H2,1H3,(H,26,29)(H,27,28). The number of alkyl halides is 3. The molecule has 0 aromatic heterocycles. The first-order chi connectivity index (χ1) is 14.1. The predicted octanol–water partition coefficient (Wildman–Crippen LogP) is 5.10. The smallest absolute Gasteiger partial charge is 0.407 e. The summed E-state index contributed by atoms with van der Waals surface area (Å²) in [5.74, 6) is -1.51. The van der Waals surface area contributed by atoms with E-state index in [0.717, 1.165) is 22.3 Å². The van der Waals surface area contributed by atoms with Gasteiger partial charge in [-0.25, -0.2) is 4.79 Å². The minimum Gasteiger partial charge on any atom is -0.481 e. The molecule has 1 aliphatic carbocycles. The van der Waals surface area contributed by atoms with Crippen LogP contribution < -0.4 is 5.32 Å². The molecule has 8 heteroatoms. The molecule has 3 rings (SSSR count). The fraction of sp³-hybridized carbons (Fsp3) is 0.364. The van der Waals surface area contributed by atoms with E-state index in [-0.39, 0.29) is 12.5 Å². The number of hydrogen-bond donors (Lipinski definition) is 2. The summed E-state index contributed by atoms with van der Waals surface area (Å²) >= 11 is 0. The minimum absolute atomic E-state index is 0.0116. The van der Waals surface area contributed by atoms with E-state index >= 15 is 0 Å². The third-order valence-corrected chi connectivity index (χ3v) is 5.25. The van der Waals surface area contributed by atoms with Crippen molar-refractivity contribution in [2.45, 2.75) is 43.8 Å². The number of rotatable bonds is 7. The molecule has 1 amide bonds. The Kier molecular flexibility index (Phi) is 6.05. The van der Waals surface area contributed by atoms with Crippen LogP contribution in [0.1, 0.15) is 43.2 Å². The van der Waals surface area contributed by atoms with Gasteiger partial charge < -0.3 is 15.2 Å². The van der Waals surface area contributed by atoms with E-state index in [2.05, 4.69) is 5.32 Å². The second-order valence-corrected chi connectivity index (χ2v) is 7.70. The minimum atomic E-state index is -4.46. The van der Waals surface area contributed by atoms with Crippen LogP contribution in [0.4, 0.5) is 18.0 Å². The van der Waals surface area contributed by atoms with E-state index in [0.29, 0.717) is 0 Å². The lowest BCUT2D eigenvalue weighted by molar-refractivity contribution is -0.145. The molecule has 0 heterocycles. The topological polar surface area (TPSA) is 75.6 Å². The number of carboxylic acids is 1. The number of alkyl carbamates (subject to hydrolysis) is 1. The van der Waals surface area contributed by atoms with E-state index in [1.165, 1.54) is 6.92 Å². The summed E-state index contributed by atoms with van der Waals surface area (Å²) < 4.78 is 43.1. The van der Waals surface area contributed by atoms with Crippen molar-refractivity contribution in [1.82, 2.24) is 5.32 Å². The van der Waals surface area contributed by atoms with Crippen molar-refractivity contribution in [3.63, 3.8) is 0 Å². The quantitative estimate of drug-likeness (QED) is 0.652. The zero-order chi connectivity index (χ0) is 21.9. The monoisotopic (exact) mass is 421 g/mol. The van der Waals surface area contributed by atoms with Gasteiger partial charge in [0.15, 0.2) is 0 Å². The normalized spacial score (nSPS) is 15.1. The van der Waals surface area contributed by atoms with Crippen LogP contribution in [0.2, 0.25) is 0 Å². The molecule has 0 saturated carbocycles. The average molecular weight is 421 g/mol. The second kappa shape index (κ2) is 8.38. The summed E-state index contributed by atoms with van der Waals surface area (Å²) in [5, 5.41) is 11.4. The number of carbonyl (C=O) groups is 2. The van der Waals surface area contributed by atoms with Gasteiger partial charge in [0.25, 0.3) is 0 Å². The third kappa shape index (κ3) is 5.11. The fourth-order valence-corrected chi connectivity index (χ4v) is 3.83. The van der Waals surface area contributed by atoms with Crippen LogP contribution in [0.3, 0.4) is 0 Å². The highest BCUT2D eigenvalue weighted by Gasteiger charge is 2.37. The maximum Gasteiger partial charge on any atom is 0.407 e. The van der Waals surface area contributed by atoms with Crippen LogP contribution in [0.25, 0.3) is 11.1 Å². The van der Waals surface area contributed by atoms with Crippen molar-refractivity contribution in [1.29, 1.82) is 0 Å². The molecule has 1 unspecified atom stereocenters. The van der Waals surface area contributed by atoms with Crippen molar-refractivity contribution in [2.24, 2.45) is 0 Å². The molecular formula is C22H22F3NO4. The molecule has 0 aliphatic heterocycles. The Morgan fingerprint density at radius 1 is 1.00 bits per heavy atom. The molecule has 2 aromatic rings. The molecule has 5 nitrogen and oxygen atoms in total. The van der Waals surface area contributed by atoms with Crippen molar-refractivity contribution >= 4 is 12.1 Å². The van der Waals surface area contributed by atoms with E-state index < -0.39 is 43.0 Å². The van der Waals surface area contributed by atoms with Gasteiger partial charge in [0.1, 0.15) is 6.61 Å². The highest BCUT2D eigenvalue weighted by Crippen LogP contribution is 2.44. The zero-order valence-electron chi connectivity index (χ0n) is 16.3. The van der Waals surface area contributed by atoms with Gasteiger partial charge in [-0.15, -0.1) is 0 Å². The van der Waals surface area contributed by atoms with Crippen molar-refractivity contribution in [2.75, 3.05) is 6.61 Å². The molecular weight excluding hydrogens is 399 g/mol. The summed E-state index contributed by atoms with van der Waals surface area (Å²) in [6.45, 7) is 1.26. The molecule has 0 radical (unpaired) electrons. The summed E-state index contributed by atoms with van der Waals surface area (Å²) in [6, 6.07) is 15.5. The van der Waals surface area contributed by atoms with Gasteiger partial charge in [-0.1, -0.05) is 48.5 Å². The van der Waals surface area contributed by atoms with Gasteiger partial charge in [0.05, 0.1) is 12.0 Å². The molecule has 30 heavy (non-hydrogen) atoms. The highest BCUT2D eigenvalue weighted by atomic mass is 19.4. The molecule has 160 valence electrons. The summed E-state index contributed by atoms with van der Waals surface area (Å²) in [7, 11) is 0. The number of benzene rings is 2. The van der Waals surface area contributed by atoms with Gasteiger partial charge in [0.2, 0.25) is 0 Å². The summed E-state index contributed by atoms with van der Waals surface area (Å²) in [4.78, 5) is 23.4. The Labute approximate surface area is 171 Å². The van der Waals surface area contributed by atoms with E-state index in [9.17, 15) is 22.8 Å².